The molecule has 118 valence electrons. The summed E-state index contributed by atoms with van der Waals surface area (Å²) in [6.45, 7) is 6.58. The predicted molar refractivity (Wildman–Crippen MR) is 86.6 cm³/mol. The molecule has 0 atom stereocenters. The highest BCUT2D eigenvalue weighted by atomic mass is 16.5. The highest BCUT2D eigenvalue weighted by Crippen LogP contribution is 2.15. The summed E-state index contributed by atoms with van der Waals surface area (Å²) in [5, 5.41) is 3.92. The van der Waals surface area contributed by atoms with Gasteiger partial charge in [-0.2, -0.15) is 0 Å². The predicted octanol–water partition coefficient (Wildman–Crippen LogP) is 3.45. The van der Waals surface area contributed by atoms with Crippen LogP contribution in [0.3, 0.4) is 0 Å². The Morgan fingerprint density at radius 2 is 1.82 bits per heavy atom. The Labute approximate surface area is 132 Å². The molecule has 2 aromatic rings. The fourth-order valence-electron chi connectivity index (χ4n) is 2.52. The van der Waals surface area contributed by atoms with Crippen molar-refractivity contribution >= 4 is 5.91 Å². The van der Waals surface area contributed by atoms with E-state index in [1.54, 1.807) is 4.90 Å². The Morgan fingerprint density at radius 3 is 2.36 bits per heavy atom. The number of hydrogen-bond acceptors (Lipinski definition) is 3. The van der Waals surface area contributed by atoms with Crippen molar-refractivity contribution in [1.29, 1.82) is 0 Å². The summed E-state index contributed by atoms with van der Waals surface area (Å²) in [6, 6.07) is 8.43. The SMILES string of the molecule is CCc1ccc(CN(C)C(=O)CCc2c(C)noc2C)cc1. The molecular weight excluding hydrogens is 276 g/mol. The van der Waals surface area contributed by atoms with Crippen molar-refractivity contribution < 1.29 is 9.32 Å². The van der Waals surface area contributed by atoms with Gasteiger partial charge in [-0.25, -0.2) is 0 Å². The molecule has 22 heavy (non-hydrogen) atoms. The molecule has 1 heterocycles. The van der Waals surface area contributed by atoms with E-state index in [2.05, 4.69) is 36.3 Å². The summed E-state index contributed by atoms with van der Waals surface area (Å²) in [5.74, 6) is 0.947. The minimum atomic E-state index is 0.138. The molecule has 0 spiro atoms. The minimum absolute atomic E-state index is 0.138. The highest BCUT2D eigenvalue weighted by Gasteiger charge is 2.14. The zero-order chi connectivity index (χ0) is 16.1. The molecule has 0 aliphatic carbocycles. The van der Waals surface area contributed by atoms with Crippen molar-refractivity contribution in [3.63, 3.8) is 0 Å². The summed E-state index contributed by atoms with van der Waals surface area (Å²) < 4.78 is 5.13. The quantitative estimate of drug-likeness (QED) is 0.821. The number of aryl methyl sites for hydroxylation is 3. The molecule has 0 fully saturated rings. The number of hydrogen-bond donors (Lipinski definition) is 0. The van der Waals surface area contributed by atoms with Gasteiger partial charge >= 0.3 is 0 Å². The van der Waals surface area contributed by atoms with Crippen molar-refractivity contribution in [2.45, 2.75) is 46.6 Å². The second kappa shape index (κ2) is 7.25. The van der Waals surface area contributed by atoms with E-state index in [1.165, 1.54) is 5.56 Å². The normalized spacial score (nSPS) is 10.7. The molecule has 0 saturated carbocycles. The molecule has 0 unspecified atom stereocenters. The van der Waals surface area contributed by atoms with Crippen LogP contribution in [0, 0.1) is 13.8 Å². The molecule has 0 N–H and O–H groups in total. The van der Waals surface area contributed by atoms with E-state index in [4.69, 9.17) is 4.52 Å². The maximum atomic E-state index is 12.3. The number of aromatic nitrogens is 1. The van der Waals surface area contributed by atoms with Crippen molar-refractivity contribution in [3.8, 4) is 0 Å². The zero-order valence-corrected chi connectivity index (χ0v) is 13.8. The Bertz CT molecular complexity index is 610. The van der Waals surface area contributed by atoms with Gasteiger partial charge in [-0.15, -0.1) is 0 Å². The second-order valence-corrected chi connectivity index (χ2v) is 5.72. The van der Waals surface area contributed by atoms with Gasteiger partial charge in [0.15, 0.2) is 0 Å². The van der Waals surface area contributed by atoms with Gasteiger partial charge in [0, 0.05) is 25.6 Å². The number of rotatable bonds is 6. The summed E-state index contributed by atoms with van der Waals surface area (Å²) >= 11 is 0. The van der Waals surface area contributed by atoms with Crippen molar-refractivity contribution in [1.82, 2.24) is 10.1 Å². The standard InChI is InChI=1S/C18H24N2O2/c1-5-15-6-8-16(9-7-15)12-20(4)18(21)11-10-17-13(2)19-22-14(17)3/h6-9H,5,10-12H2,1-4H3. The molecule has 0 saturated heterocycles. The van der Waals surface area contributed by atoms with Gasteiger partial charge in [0.05, 0.1) is 5.69 Å². The van der Waals surface area contributed by atoms with Crippen LogP contribution in [0.25, 0.3) is 0 Å². The van der Waals surface area contributed by atoms with Gasteiger partial charge in [0.2, 0.25) is 5.91 Å². The Kier molecular flexibility index (Phi) is 5.36. The second-order valence-electron chi connectivity index (χ2n) is 5.72. The first-order valence-electron chi connectivity index (χ1n) is 7.74. The Balaban J connectivity index is 1.89. The molecular formula is C18H24N2O2. The minimum Gasteiger partial charge on any atom is -0.361 e. The largest absolute Gasteiger partial charge is 0.361 e. The maximum Gasteiger partial charge on any atom is 0.222 e. The summed E-state index contributed by atoms with van der Waals surface area (Å²) in [5.41, 5.74) is 4.40. The fraction of sp³-hybridized carbons (Fsp3) is 0.444. The molecule has 1 aromatic carbocycles. The van der Waals surface area contributed by atoms with Gasteiger partial charge in [0.25, 0.3) is 0 Å². The van der Waals surface area contributed by atoms with Crippen molar-refractivity contribution in [3.05, 3.63) is 52.4 Å². The fourth-order valence-corrected chi connectivity index (χ4v) is 2.52. The van der Waals surface area contributed by atoms with E-state index in [-0.39, 0.29) is 5.91 Å². The smallest absolute Gasteiger partial charge is 0.222 e. The van der Waals surface area contributed by atoms with Crippen LogP contribution < -0.4 is 0 Å². The number of benzene rings is 1. The van der Waals surface area contributed by atoms with Crippen LogP contribution in [0.2, 0.25) is 0 Å². The lowest BCUT2D eigenvalue weighted by Crippen LogP contribution is -2.26. The van der Waals surface area contributed by atoms with Gasteiger partial charge < -0.3 is 9.42 Å². The van der Waals surface area contributed by atoms with Gasteiger partial charge in [-0.3, -0.25) is 4.79 Å². The van der Waals surface area contributed by atoms with E-state index in [1.807, 2.05) is 20.9 Å². The van der Waals surface area contributed by atoms with Crippen LogP contribution in [0.5, 0.6) is 0 Å². The lowest BCUT2D eigenvalue weighted by atomic mass is 10.1. The van der Waals surface area contributed by atoms with Gasteiger partial charge in [0.1, 0.15) is 5.76 Å². The molecule has 4 nitrogen and oxygen atoms in total. The first-order chi connectivity index (χ1) is 10.5. The van der Waals surface area contributed by atoms with Crippen LogP contribution in [0.4, 0.5) is 0 Å². The summed E-state index contributed by atoms with van der Waals surface area (Å²) in [7, 11) is 1.85. The topological polar surface area (TPSA) is 46.3 Å². The maximum absolute atomic E-state index is 12.3. The van der Waals surface area contributed by atoms with Crippen LogP contribution in [0.1, 0.15) is 41.5 Å². The van der Waals surface area contributed by atoms with E-state index < -0.39 is 0 Å². The molecule has 0 bridgehead atoms. The lowest BCUT2D eigenvalue weighted by molar-refractivity contribution is -0.130. The Hall–Kier alpha value is -2.10. The van der Waals surface area contributed by atoms with Crippen LogP contribution in [0.15, 0.2) is 28.8 Å². The Morgan fingerprint density at radius 1 is 1.18 bits per heavy atom. The molecule has 2 rings (SSSR count). The van der Waals surface area contributed by atoms with Crippen molar-refractivity contribution in [2.75, 3.05) is 7.05 Å². The number of nitrogens with zero attached hydrogens (tertiary/aromatic N) is 2. The highest BCUT2D eigenvalue weighted by molar-refractivity contribution is 5.76. The lowest BCUT2D eigenvalue weighted by Gasteiger charge is -2.17. The third-order valence-corrected chi connectivity index (χ3v) is 4.05. The van der Waals surface area contributed by atoms with Crippen molar-refractivity contribution in [2.24, 2.45) is 0 Å². The first kappa shape index (κ1) is 16.3. The average molecular weight is 300 g/mol. The van der Waals surface area contributed by atoms with E-state index in [0.717, 1.165) is 29.0 Å². The molecule has 1 amide bonds. The molecule has 0 radical (unpaired) electrons. The van der Waals surface area contributed by atoms with E-state index >= 15 is 0 Å². The monoisotopic (exact) mass is 300 g/mol. The molecule has 4 heteroatoms. The summed E-state index contributed by atoms with van der Waals surface area (Å²) in [4.78, 5) is 14.0. The van der Waals surface area contributed by atoms with Gasteiger partial charge in [-0.1, -0.05) is 36.3 Å². The molecule has 0 aliphatic heterocycles. The third kappa shape index (κ3) is 3.97. The molecule has 0 aliphatic rings. The van der Waals surface area contributed by atoms with E-state index in [0.29, 0.717) is 19.4 Å². The zero-order valence-electron chi connectivity index (χ0n) is 13.8. The van der Waals surface area contributed by atoms with Crippen LogP contribution >= 0.6 is 0 Å². The summed E-state index contributed by atoms with van der Waals surface area (Å²) in [6.07, 6.45) is 2.19. The number of amides is 1. The average Bonchev–Trinajstić information content (AvgIpc) is 2.84. The van der Waals surface area contributed by atoms with Crippen LogP contribution in [-0.2, 0) is 24.2 Å². The number of carbonyl (C=O) groups is 1. The first-order valence-corrected chi connectivity index (χ1v) is 7.74. The van der Waals surface area contributed by atoms with Crippen LogP contribution in [-0.4, -0.2) is 23.0 Å². The van der Waals surface area contributed by atoms with Gasteiger partial charge in [-0.05, 0) is 37.8 Å². The third-order valence-electron chi connectivity index (χ3n) is 4.05. The van der Waals surface area contributed by atoms with E-state index in [9.17, 15) is 4.79 Å². The molecule has 1 aromatic heterocycles. The number of carbonyl (C=O) groups excluding carboxylic acids is 1.